The molecule has 0 amide bonds. The number of rotatable bonds is 7. The van der Waals surface area contributed by atoms with Crippen LogP contribution in [0.15, 0.2) is 69.9 Å². The van der Waals surface area contributed by atoms with Crippen molar-refractivity contribution in [2.75, 3.05) is 37.4 Å². The van der Waals surface area contributed by atoms with E-state index < -0.39 is 5.97 Å². The van der Waals surface area contributed by atoms with Gasteiger partial charge in [-0.2, -0.15) is 0 Å². The number of benzene rings is 3. The number of anilines is 2. The van der Waals surface area contributed by atoms with Crippen LogP contribution in [0.3, 0.4) is 0 Å². The number of carboxylic acids is 1. The van der Waals surface area contributed by atoms with Gasteiger partial charge in [0.15, 0.2) is 5.43 Å². The van der Waals surface area contributed by atoms with Crippen molar-refractivity contribution in [3.63, 3.8) is 0 Å². The SMILES string of the molecule is Cc1cc([C@@H](C)Nc2ccccc2C(=O)O)c2oc(-c3ccc(N4CC[C@H](N(C)C)C4)cc3)c(C)c(=O)c2c1. The Morgan fingerprint density at radius 2 is 1.82 bits per heavy atom. The van der Waals surface area contributed by atoms with Crippen molar-refractivity contribution in [2.24, 2.45) is 0 Å². The number of hydrogen-bond acceptors (Lipinski definition) is 6. The second kappa shape index (κ2) is 10.6. The van der Waals surface area contributed by atoms with Gasteiger partial charge in [-0.25, -0.2) is 4.79 Å². The van der Waals surface area contributed by atoms with Gasteiger partial charge in [0.1, 0.15) is 11.3 Å². The average Bonchev–Trinajstić information content (AvgIpc) is 3.42. The molecule has 2 atom stereocenters. The number of para-hydroxylation sites is 1. The van der Waals surface area contributed by atoms with Crippen LogP contribution in [-0.4, -0.2) is 49.2 Å². The van der Waals surface area contributed by atoms with Gasteiger partial charge in [-0.15, -0.1) is 0 Å². The maximum atomic E-state index is 13.6. The normalized spacial score (nSPS) is 16.2. The van der Waals surface area contributed by atoms with Crippen molar-refractivity contribution in [3.05, 3.63) is 93.1 Å². The smallest absolute Gasteiger partial charge is 0.337 e. The molecule has 5 rings (SSSR count). The lowest BCUT2D eigenvalue weighted by molar-refractivity contribution is 0.0698. The molecule has 1 aliphatic rings. The number of nitrogens with zero attached hydrogens (tertiary/aromatic N) is 2. The summed E-state index contributed by atoms with van der Waals surface area (Å²) in [5, 5.41) is 13.5. The highest BCUT2D eigenvalue weighted by molar-refractivity contribution is 5.94. The first-order chi connectivity index (χ1) is 18.6. The van der Waals surface area contributed by atoms with E-state index in [1.807, 2.05) is 45.0 Å². The van der Waals surface area contributed by atoms with E-state index in [9.17, 15) is 14.7 Å². The number of likely N-dealkylation sites (N-methyl/N-ethyl adjacent to an activating group) is 1. The van der Waals surface area contributed by atoms with E-state index >= 15 is 0 Å². The minimum Gasteiger partial charge on any atom is -0.478 e. The summed E-state index contributed by atoms with van der Waals surface area (Å²) in [6, 6.07) is 19.1. The van der Waals surface area contributed by atoms with Gasteiger partial charge < -0.3 is 24.6 Å². The highest BCUT2D eigenvalue weighted by atomic mass is 16.4. The van der Waals surface area contributed by atoms with Crippen LogP contribution in [0.1, 0.15) is 46.4 Å². The number of fused-ring (bicyclic) bond motifs is 1. The first kappa shape index (κ1) is 26.5. The second-order valence-corrected chi connectivity index (χ2v) is 10.7. The monoisotopic (exact) mass is 525 g/mol. The van der Waals surface area contributed by atoms with Gasteiger partial charge >= 0.3 is 5.97 Å². The van der Waals surface area contributed by atoms with Gasteiger partial charge in [-0.1, -0.05) is 18.2 Å². The fraction of sp³-hybridized carbons (Fsp3) is 0.312. The molecular formula is C32H35N3O4. The van der Waals surface area contributed by atoms with Crippen molar-refractivity contribution >= 4 is 28.3 Å². The Balaban J connectivity index is 1.53. The minimum absolute atomic E-state index is 0.0632. The molecule has 1 fully saturated rings. The number of aromatic carboxylic acids is 1. The Bertz CT molecular complexity index is 1590. The largest absolute Gasteiger partial charge is 0.478 e. The lowest BCUT2D eigenvalue weighted by Gasteiger charge is -2.22. The van der Waals surface area contributed by atoms with Crippen LogP contribution in [0.5, 0.6) is 0 Å². The molecule has 1 aliphatic heterocycles. The highest BCUT2D eigenvalue weighted by Gasteiger charge is 2.25. The third-order valence-corrected chi connectivity index (χ3v) is 7.78. The first-order valence-electron chi connectivity index (χ1n) is 13.3. The predicted molar refractivity (Wildman–Crippen MR) is 157 cm³/mol. The Labute approximate surface area is 228 Å². The number of carbonyl (C=O) groups is 1. The molecule has 0 bridgehead atoms. The summed E-state index contributed by atoms with van der Waals surface area (Å²) in [6.07, 6.45) is 1.14. The fourth-order valence-electron chi connectivity index (χ4n) is 5.49. The lowest BCUT2D eigenvalue weighted by Crippen LogP contribution is -2.31. The summed E-state index contributed by atoms with van der Waals surface area (Å²) in [5.74, 6) is -0.451. The summed E-state index contributed by atoms with van der Waals surface area (Å²) in [4.78, 5) is 30.0. The topological polar surface area (TPSA) is 86.0 Å². The Morgan fingerprint density at radius 1 is 1.10 bits per heavy atom. The van der Waals surface area contributed by atoms with E-state index in [1.165, 1.54) is 0 Å². The molecule has 39 heavy (non-hydrogen) atoms. The zero-order chi connectivity index (χ0) is 27.8. The van der Waals surface area contributed by atoms with Gasteiger partial charge in [-0.3, -0.25) is 4.79 Å². The zero-order valence-electron chi connectivity index (χ0n) is 23.1. The van der Waals surface area contributed by atoms with Gasteiger partial charge in [0.2, 0.25) is 0 Å². The van der Waals surface area contributed by atoms with Gasteiger partial charge in [0, 0.05) is 47.2 Å². The zero-order valence-corrected chi connectivity index (χ0v) is 23.1. The molecule has 202 valence electrons. The van der Waals surface area contributed by atoms with E-state index in [0.29, 0.717) is 34.0 Å². The van der Waals surface area contributed by atoms with E-state index in [4.69, 9.17) is 4.42 Å². The molecule has 1 aromatic heterocycles. The van der Waals surface area contributed by atoms with Crippen LogP contribution in [0.25, 0.3) is 22.3 Å². The third kappa shape index (κ3) is 5.14. The van der Waals surface area contributed by atoms with E-state index in [0.717, 1.165) is 41.9 Å². The number of aryl methyl sites for hydroxylation is 1. The van der Waals surface area contributed by atoms with Crippen molar-refractivity contribution in [3.8, 4) is 11.3 Å². The molecule has 0 radical (unpaired) electrons. The van der Waals surface area contributed by atoms with Crippen molar-refractivity contribution in [1.29, 1.82) is 0 Å². The molecule has 2 N–H and O–H groups in total. The van der Waals surface area contributed by atoms with E-state index in [2.05, 4.69) is 41.3 Å². The van der Waals surface area contributed by atoms with Gasteiger partial charge in [0.25, 0.3) is 0 Å². The Kier molecular flexibility index (Phi) is 7.19. The van der Waals surface area contributed by atoms with Crippen molar-refractivity contribution in [2.45, 2.75) is 39.3 Å². The number of nitrogens with one attached hydrogen (secondary N) is 1. The van der Waals surface area contributed by atoms with Crippen LogP contribution in [0.4, 0.5) is 11.4 Å². The summed E-state index contributed by atoms with van der Waals surface area (Å²) in [5.41, 5.74) is 5.46. The molecular weight excluding hydrogens is 490 g/mol. The standard InChI is InChI=1S/C32H35N3O4/c1-19-16-26(21(3)33-28-9-7-6-8-25(28)32(37)38)31-27(17-19)29(36)20(2)30(39-31)22-10-12-23(13-11-22)35-15-14-24(18-35)34(4)5/h6-13,16-17,21,24,33H,14-15,18H2,1-5H3,(H,37,38)/t21-,24+/m1/s1. The molecule has 0 spiro atoms. The molecule has 4 aromatic rings. The molecule has 7 heteroatoms. The molecule has 3 aromatic carbocycles. The highest BCUT2D eigenvalue weighted by Crippen LogP contribution is 2.33. The number of carboxylic acid groups (broad SMARTS) is 1. The quantitative estimate of drug-likeness (QED) is 0.302. The van der Waals surface area contributed by atoms with Crippen LogP contribution in [0, 0.1) is 13.8 Å². The average molecular weight is 526 g/mol. The van der Waals surface area contributed by atoms with Crippen LogP contribution in [0.2, 0.25) is 0 Å². The van der Waals surface area contributed by atoms with Crippen LogP contribution in [-0.2, 0) is 0 Å². The first-order valence-corrected chi connectivity index (χ1v) is 13.3. The summed E-state index contributed by atoms with van der Waals surface area (Å²) < 4.78 is 6.52. The maximum Gasteiger partial charge on any atom is 0.337 e. The predicted octanol–water partition coefficient (Wildman–Crippen LogP) is 6.09. The molecule has 0 unspecified atom stereocenters. The minimum atomic E-state index is -1.00. The van der Waals surface area contributed by atoms with E-state index in [1.54, 1.807) is 24.3 Å². The van der Waals surface area contributed by atoms with Crippen molar-refractivity contribution in [1.82, 2.24) is 4.90 Å². The number of hydrogen-bond donors (Lipinski definition) is 2. The summed E-state index contributed by atoms with van der Waals surface area (Å²) in [7, 11) is 4.25. The Morgan fingerprint density at radius 3 is 2.49 bits per heavy atom. The third-order valence-electron chi connectivity index (χ3n) is 7.78. The molecule has 0 saturated carbocycles. The van der Waals surface area contributed by atoms with Crippen molar-refractivity contribution < 1.29 is 14.3 Å². The molecule has 1 saturated heterocycles. The molecule has 2 heterocycles. The van der Waals surface area contributed by atoms with Crippen LogP contribution < -0.4 is 15.6 Å². The van der Waals surface area contributed by atoms with Gasteiger partial charge in [0.05, 0.1) is 17.0 Å². The summed E-state index contributed by atoms with van der Waals surface area (Å²) >= 11 is 0. The second-order valence-electron chi connectivity index (χ2n) is 10.7. The van der Waals surface area contributed by atoms with E-state index in [-0.39, 0.29) is 17.0 Å². The lowest BCUT2D eigenvalue weighted by atomic mass is 9.98. The van der Waals surface area contributed by atoms with Gasteiger partial charge in [-0.05, 0) is 89.3 Å². The molecule has 7 nitrogen and oxygen atoms in total. The van der Waals surface area contributed by atoms with Crippen LogP contribution >= 0.6 is 0 Å². The summed E-state index contributed by atoms with van der Waals surface area (Å²) in [6.45, 7) is 7.71. The fourth-order valence-corrected chi connectivity index (χ4v) is 5.49. The molecule has 0 aliphatic carbocycles. The maximum absolute atomic E-state index is 13.6. The Hall–Kier alpha value is -4.10.